The van der Waals surface area contributed by atoms with Gasteiger partial charge in [-0.05, 0) is 63.3 Å². The largest absolute Gasteiger partial charge is 0.573 e. The molecule has 0 radical (unpaired) electrons. The molecule has 0 atom stereocenters. The molecule has 0 unspecified atom stereocenters. The summed E-state index contributed by atoms with van der Waals surface area (Å²) in [5.41, 5.74) is 5.65. The van der Waals surface area contributed by atoms with Gasteiger partial charge >= 0.3 is 6.36 Å². The highest BCUT2D eigenvalue weighted by Crippen LogP contribution is 2.30. The maximum atomic E-state index is 12.4. The second-order valence-corrected chi connectivity index (χ2v) is 8.12. The van der Waals surface area contributed by atoms with Crippen LogP contribution in [0.5, 0.6) is 5.75 Å². The van der Waals surface area contributed by atoms with E-state index in [1.54, 1.807) is 6.20 Å². The van der Waals surface area contributed by atoms with Gasteiger partial charge in [0.05, 0.1) is 25.1 Å². The van der Waals surface area contributed by atoms with Crippen LogP contribution in [0.4, 0.5) is 13.2 Å². The minimum atomic E-state index is -4.75. The fourth-order valence-electron chi connectivity index (χ4n) is 3.39. The zero-order valence-electron chi connectivity index (χ0n) is 17.5. The lowest BCUT2D eigenvalue weighted by Gasteiger charge is -2.12. The molecule has 0 aliphatic carbocycles. The lowest BCUT2D eigenvalue weighted by Crippen LogP contribution is -2.17. The van der Waals surface area contributed by atoms with E-state index in [0.717, 1.165) is 22.3 Å². The molecule has 0 N–H and O–H groups in total. The minimum Gasteiger partial charge on any atom is -0.406 e. The summed E-state index contributed by atoms with van der Waals surface area (Å²) >= 11 is 3.25. The molecule has 9 heteroatoms. The van der Waals surface area contributed by atoms with Crippen molar-refractivity contribution in [1.29, 1.82) is 0 Å². The van der Waals surface area contributed by atoms with Crippen LogP contribution in [0.25, 0.3) is 16.8 Å². The van der Waals surface area contributed by atoms with Crippen LogP contribution in [0.15, 0.2) is 77.4 Å². The first-order chi connectivity index (χ1) is 15.8. The fraction of sp³-hybridized carbons (Fsp3) is 0.167. The second-order valence-electron chi connectivity index (χ2n) is 7.26. The van der Waals surface area contributed by atoms with Gasteiger partial charge in [-0.15, -0.1) is 18.3 Å². The van der Waals surface area contributed by atoms with Gasteiger partial charge in [0.1, 0.15) is 11.4 Å². The van der Waals surface area contributed by atoms with Gasteiger partial charge in [0, 0.05) is 4.47 Å². The Balaban J connectivity index is 1.40. The van der Waals surface area contributed by atoms with Gasteiger partial charge in [0.2, 0.25) is 0 Å². The maximum absolute atomic E-state index is 12.4. The van der Waals surface area contributed by atoms with Gasteiger partial charge in [-0.2, -0.15) is 0 Å². The summed E-state index contributed by atoms with van der Waals surface area (Å²) in [4.78, 5) is 0. The van der Waals surface area contributed by atoms with Crippen molar-refractivity contribution in [3.05, 3.63) is 94.2 Å². The SMILES string of the molecule is Cc1c(COCc2cn(-c3ccc(OC(F)(F)F)cc3Br)nn2)cccc1-c1ccccc1. The van der Waals surface area contributed by atoms with E-state index >= 15 is 0 Å². The number of ether oxygens (including phenoxy) is 2. The molecule has 33 heavy (non-hydrogen) atoms. The number of nitrogens with zero attached hydrogens (tertiary/aromatic N) is 3. The molecule has 0 saturated carbocycles. The smallest absolute Gasteiger partial charge is 0.406 e. The third-order valence-corrected chi connectivity index (χ3v) is 5.61. The van der Waals surface area contributed by atoms with Gasteiger partial charge in [-0.25, -0.2) is 4.68 Å². The standard InChI is InChI=1S/C24H19BrF3N3O2/c1-16-18(8-5-9-21(16)17-6-3-2-4-7-17)14-32-15-19-13-31(30-29-19)23-11-10-20(12-22(23)25)33-24(26,27)28/h2-13H,14-15H2,1H3. The van der Waals surface area contributed by atoms with E-state index in [4.69, 9.17) is 4.74 Å². The van der Waals surface area contributed by atoms with E-state index < -0.39 is 6.36 Å². The van der Waals surface area contributed by atoms with Crippen molar-refractivity contribution in [3.63, 3.8) is 0 Å². The summed E-state index contributed by atoms with van der Waals surface area (Å²) in [5, 5.41) is 8.13. The molecule has 0 amide bonds. The first-order valence-corrected chi connectivity index (χ1v) is 10.8. The summed E-state index contributed by atoms with van der Waals surface area (Å²) in [6.07, 6.45) is -3.09. The minimum absolute atomic E-state index is 0.238. The first-order valence-electron chi connectivity index (χ1n) is 9.99. The third kappa shape index (κ3) is 5.80. The molecular weight excluding hydrogens is 499 g/mol. The first kappa shape index (κ1) is 23.0. The van der Waals surface area contributed by atoms with E-state index in [9.17, 15) is 13.2 Å². The Morgan fingerprint density at radius 1 is 0.970 bits per heavy atom. The quantitative estimate of drug-likeness (QED) is 0.276. The summed E-state index contributed by atoms with van der Waals surface area (Å²) in [7, 11) is 0. The highest BCUT2D eigenvalue weighted by molar-refractivity contribution is 9.10. The Morgan fingerprint density at radius 2 is 1.76 bits per heavy atom. The van der Waals surface area contributed by atoms with Crippen LogP contribution in [0.2, 0.25) is 0 Å². The molecule has 5 nitrogen and oxygen atoms in total. The van der Waals surface area contributed by atoms with E-state index in [2.05, 4.69) is 56.1 Å². The van der Waals surface area contributed by atoms with Crippen molar-refractivity contribution < 1.29 is 22.6 Å². The van der Waals surface area contributed by atoms with Crippen LogP contribution in [-0.4, -0.2) is 21.4 Å². The fourth-order valence-corrected chi connectivity index (χ4v) is 3.93. The Morgan fingerprint density at radius 3 is 2.48 bits per heavy atom. The van der Waals surface area contributed by atoms with Crippen molar-refractivity contribution in [2.75, 3.05) is 0 Å². The van der Waals surface area contributed by atoms with Crippen molar-refractivity contribution in [2.45, 2.75) is 26.5 Å². The molecule has 3 aromatic carbocycles. The Bertz CT molecular complexity index is 1240. The lowest BCUT2D eigenvalue weighted by atomic mass is 9.97. The highest BCUT2D eigenvalue weighted by Gasteiger charge is 2.31. The van der Waals surface area contributed by atoms with E-state index in [1.165, 1.54) is 22.9 Å². The molecule has 4 rings (SSSR count). The molecule has 0 aliphatic heterocycles. The Labute approximate surface area is 196 Å². The summed E-state index contributed by atoms with van der Waals surface area (Å²) in [5.74, 6) is -0.324. The summed E-state index contributed by atoms with van der Waals surface area (Å²) < 4.78 is 48.8. The summed E-state index contributed by atoms with van der Waals surface area (Å²) in [6.45, 7) is 2.72. The van der Waals surface area contributed by atoms with E-state index in [-0.39, 0.29) is 12.4 Å². The topological polar surface area (TPSA) is 49.2 Å². The van der Waals surface area contributed by atoms with Crippen LogP contribution in [0.1, 0.15) is 16.8 Å². The highest BCUT2D eigenvalue weighted by atomic mass is 79.9. The second kappa shape index (κ2) is 9.76. The molecule has 1 heterocycles. The number of hydrogen-bond acceptors (Lipinski definition) is 4. The van der Waals surface area contributed by atoms with Gasteiger partial charge < -0.3 is 9.47 Å². The third-order valence-electron chi connectivity index (χ3n) is 4.98. The monoisotopic (exact) mass is 517 g/mol. The van der Waals surface area contributed by atoms with Crippen LogP contribution in [0.3, 0.4) is 0 Å². The van der Waals surface area contributed by atoms with Gasteiger partial charge in [0.15, 0.2) is 0 Å². The number of hydrogen-bond donors (Lipinski definition) is 0. The van der Waals surface area contributed by atoms with Crippen molar-refractivity contribution in [3.8, 4) is 22.6 Å². The number of halogens is 4. The molecule has 0 fully saturated rings. The normalized spacial score (nSPS) is 11.5. The van der Waals surface area contributed by atoms with Crippen LogP contribution in [-0.2, 0) is 18.0 Å². The van der Waals surface area contributed by atoms with Gasteiger partial charge in [-0.3, -0.25) is 0 Å². The van der Waals surface area contributed by atoms with E-state index in [1.807, 2.05) is 30.3 Å². The number of alkyl halides is 3. The van der Waals surface area contributed by atoms with Crippen LogP contribution >= 0.6 is 15.9 Å². The lowest BCUT2D eigenvalue weighted by molar-refractivity contribution is -0.274. The molecule has 1 aromatic heterocycles. The van der Waals surface area contributed by atoms with Gasteiger partial charge in [0.25, 0.3) is 0 Å². The number of aromatic nitrogens is 3. The zero-order chi connectivity index (χ0) is 23.4. The molecule has 0 bridgehead atoms. The van der Waals surface area contributed by atoms with E-state index in [0.29, 0.717) is 22.5 Å². The predicted molar refractivity (Wildman–Crippen MR) is 121 cm³/mol. The summed E-state index contributed by atoms with van der Waals surface area (Å²) in [6, 6.07) is 20.2. The number of benzene rings is 3. The molecular formula is C24H19BrF3N3O2. The maximum Gasteiger partial charge on any atom is 0.573 e. The molecule has 4 aromatic rings. The Kier molecular flexibility index (Phi) is 6.80. The van der Waals surface area contributed by atoms with Crippen LogP contribution < -0.4 is 4.74 Å². The average molecular weight is 518 g/mol. The van der Waals surface area contributed by atoms with Crippen LogP contribution in [0, 0.1) is 6.92 Å². The zero-order valence-corrected chi connectivity index (χ0v) is 19.1. The molecule has 0 spiro atoms. The van der Waals surface area contributed by atoms with Crippen molar-refractivity contribution >= 4 is 15.9 Å². The molecule has 0 aliphatic rings. The molecule has 0 saturated heterocycles. The van der Waals surface area contributed by atoms with Crippen molar-refractivity contribution in [2.24, 2.45) is 0 Å². The van der Waals surface area contributed by atoms with Crippen molar-refractivity contribution in [1.82, 2.24) is 15.0 Å². The molecule has 170 valence electrons. The number of rotatable bonds is 7. The predicted octanol–water partition coefficient (Wildman–Crippen LogP) is 6.62. The average Bonchev–Trinajstić information content (AvgIpc) is 3.23. The van der Waals surface area contributed by atoms with Gasteiger partial charge in [-0.1, -0.05) is 53.7 Å². The Hall–Kier alpha value is -3.17.